The zero-order valence-corrected chi connectivity index (χ0v) is 18.8. The molecule has 0 bridgehead atoms. The highest BCUT2D eigenvalue weighted by atomic mass is 32.2. The Kier molecular flexibility index (Phi) is 7.89. The van der Waals surface area contributed by atoms with Crippen molar-refractivity contribution in [3.63, 3.8) is 0 Å². The highest BCUT2D eigenvalue weighted by molar-refractivity contribution is 8.00. The molecule has 0 aromatic heterocycles. The van der Waals surface area contributed by atoms with E-state index in [0.29, 0.717) is 24.2 Å². The SMILES string of the molecule is CC(Sc1ccc(NC(=O)C2CC=CCC2C(=O)O)cc1)C(=O)Nc1ccccc1C(N)=O. The predicted molar refractivity (Wildman–Crippen MR) is 127 cm³/mol. The van der Waals surface area contributed by atoms with Crippen LogP contribution in [0.1, 0.15) is 30.1 Å². The lowest BCUT2D eigenvalue weighted by atomic mass is 9.82. The maximum atomic E-state index is 12.6. The molecule has 0 fully saturated rings. The average Bonchev–Trinajstić information content (AvgIpc) is 2.80. The molecule has 2 aromatic rings. The van der Waals surface area contributed by atoms with Gasteiger partial charge in [0.15, 0.2) is 0 Å². The van der Waals surface area contributed by atoms with Gasteiger partial charge < -0.3 is 21.5 Å². The molecule has 0 saturated heterocycles. The number of thioether (sulfide) groups is 1. The standard InChI is InChI=1S/C24H25N3O5S/c1-14(22(29)27-20-9-5-4-8-19(20)21(25)28)33-16-12-10-15(11-13-16)26-23(30)17-6-2-3-7-18(17)24(31)32/h2-5,8-14,17-18H,6-7H2,1H3,(H2,25,28)(H,26,30)(H,27,29)(H,31,32). The van der Waals surface area contributed by atoms with Gasteiger partial charge in [-0.25, -0.2) is 0 Å². The lowest BCUT2D eigenvalue weighted by Crippen LogP contribution is -2.34. The largest absolute Gasteiger partial charge is 0.481 e. The van der Waals surface area contributed by atoms with E-state index >= 15 is 0 Å². The fraction of sp³-hybridized carbons (Fsp3) is 0.250. The van der Waals surface area contributed by atoms with Crippen molar-refractivity contribution in [2.75, 3.05) is 10.6 Å². The highest BCUT2D eigenvalue weighted by Crippen LogP contribution is 2.29. The third kappa shape index (κ3) is 6.23. The van der Waals surface area contributed by atoms with Gasteiger partial charge >= 0.3 is 5.97 Å². The highest BCUT2D eigenvalue weighted by Gasteiger charge is 2.33. The van der Waals surface area contributed by atoms with Crippen molar-refractivity contribution in [3.05, 3.63) is 66.2 Å². The van der Waals surface area contributed by atoms with Crippen molar-refractivity contribution in [1.82, 2.24) is 0 Å². The number of carbonyl (C=O) groups excluding carboxylic acids is 3. The molecule has 0 radical (unpaired) electrons. The third-order valence-electron chi connectivity index (χ3n) is 5.34. The first-order valence-corrected chi connectivity index (χ1v) is 11.3. The lowest BCUT2D eigenvalue weighted by molar-refractivity contribution is -0.146. The monoisotopic (exact) mass is 467 g/mol. The number of nitrogens with two attached hydrogens (primary N) is 1. The minimum absolute atomic E-state index is 0.238. The molecule has 2 aromatic carbocycles. The van der Waals surface area contributed by atoms with Gasteiger partial charge in [0, 0.05) is 10.6 Å². The van der Waals surface area contributed by atoms with Crippen LogP contribution in [0.3, 0.4) is 0 Å². The first-order valence-electron chi connectivity index (χ1n) is 10.4. The van der Waals surface area contributed by atoms with Crippen molar-refractivity contribution < 1.29 is 24.3 Å². The van der Waals surface area contributed by atoms with Gasteiger partial charge in [0.25, 0.3) is 5.91 Å². The molecule has 33 heavy (non-hydrogen) atoms. The number of nitrogens with one attached hydrogen (secondary N) is 2. The minimum Gasteiger partial charge on any atom is -0.481 e. The number of allylic oxidation sites excluding steroid dienone is 2. The van der Waals surface area contributed by atoms with Gasteiger partial charge in [-0.3, -0.25) is 19.2 Å². The van der Waals surface area contributed by atoms with Crippen LogP contribution in [0.25, 0.3) is 0 Å². The Morgan fingerprint density at radius 1 is 0.970 bits per heavy atom. The number of carbonyl (C=O) groups is 4. The van der Waals surface area contributed by atoms with Crippen LogP contribution >= 0.6 is 11.8 Å². The van der Waals surface area contributed by atoms with Crippen LogP contribution in [0.5, 0.6) is 0 Å². The van der Waals surface area contributed by atoms with Crippen molar-refractivity contribution in [2.24, 2.45) is 17.6 Å². The Bertz CT molecular complexity index is 1080. The second-order valence-corrected chi connectivity index (χ2v) is 9.08. The summed E-state index contributed by atoms with van der Waals surface area (Å²) in [4.78, 5) is 48.9. The Hall–Kier alpha value is -3.59. The molecule has 172 valence electrons. The molecule has 1 aliphatic rings. The van der Waals surface area contributed by atoms with E-state index in [0.717, 1.165) is 4.90 Å². The number of hydrogen-bond donors (Lipinski definition) is 4. The predicted octanol–water partition coefficient (Wildman–Crippen LogP) is 3.51. The molecule has 0 saturated carbocycles. The number of para-hydroxylation sites is 1. The van der Waals surface area contributed by atoms with Gasteiger partial charge in [0.2, 0.25) is 11.8 Å². The normalized spacial score (nSPS) is 18.2. The quantitative estimate of drug-likeness (QED) is 0.346. The molecule has 3 atom stereocenters. The zero-order valence-electron chi connectivity index (χ0n) is 18.0. The maximum absolute atomic E-state index is 12.6. The van der Waals surface area contributed by atoms with Gasteiger partial charge in [0.05, 0.1) is 28.3 Å². The number of hydrogen-bond acceptors (Lipinski definition) is 5. The van der Waals surface area contributed by atoms with Gasteiger partial charge in [-0.1, -0.05) is 24.3 Å². The molecule has 1 aliphatic carbocycles. The molecule has 3 unspecified atom stereocenters. The van der Waals surface area contributed by atoms with Gasteiger partial charge in [-0.15, -0.1) is 11.8 Å². The second kappa shape index (κ2) is 10.8. The summed E-state index contributed by atoms with van der Waals surface area (Å²) in [5, 5.41) is 14.4. The maximum Gasteiger partial charge on any atom is 0.307 e. The number of aliphatic carboxylic acids is 1. The van der Waals surface area contributed by atoms with Crippen LogP contribution in [0, 0.1) is 11.8 Å². The van der Waals surface area contributed by atoms with Gasteiger partial charge in [-0.2, -0.15) is 0 Å². The summed E-state index contributed by atoms with van der Waals surface area (Å²) in [6.07, 6.45) is 4.35. The molecule has 3 rings (SSSR count). The fourth-order valence-corrected chi connectivity index (χ4v) is 4.40. The van der Waals surface area contributed by atoms with E-state index < -0.39 is 29.0 Å². The Balaban J connectivity index is 1.58. The number of carboxylic acid groups (broad SMARTS) is 1. The first-order chi connectivity index (χ1) is 15.8. The van der Waals surface area contributed by atoms with Crippen LogP contribution in [0.15, 0.2) is 65.6 Å². The summed E-state index contributed by atoms with van der Waals surface area (Å²) in [5.41, 5.74) is 6.50. The molecule has 0 aliphatic heterocycles. The zero-order chi connectivity index (χ0) is 24.0. The summed E-state index contributed by atoms with van der Waals surface area (Å²) in [5.74, 6) is -3.55. The molecule has 0 spiro atoms. The number of primary amides is 1. The molecular formula is C24H25N3O5S. The van der Waals surface area contributed by atoms with Crippen LogP contribution in [-0.2, 0) is 14.4 Å². The van der Waals surface area contributed by atoms with E-state index in [2.05, 4.69) is 10.6 Å². The topological polar surface area (TPSA) is 139 Å². The van der Waals surface area contributed by atoms with Gasteiger partial charge in [0.1, 0.15) is 0 Å². The number of benzene rings is 2. The minimum atomic E-state index is -0.975. The Labute approximate surface area is 195 Å². The van der Waals surface area contributed by atoms with Crippen molar-refractivity contribution in [1.29, 1.82) is 0 Å². The smallest absolute Gasteiger partial charge is 0.307 e. The Morgan fingerprint density at radius 3 is 2.24 bits per heavy atom. The van der Waals surface area contributed by atoms with E-state index in [1.165, 1.54) is 11.8 Å². The molecule has 9 heteroatoms. The van der Waals surface area contributed by atoms with Crippen molar-refractivity contribution in [2.45, 2.75) is 29.9 Å². The second-order valence-electron chi connectivity index (χ2n) is 7.67. The van der Waals surface area contributed by atoms with Gasteiger partial charge in [-0.05, 0) is 56.2 Å². The summed E-state index contributed by atoms with van der Waals surface area (Å²) in [6, 6.07) is 13.5. The summed E-state index contributed by atoms with van der Waals surface area (Å²) in [7, 11) is 0. The first kappa shape index (κ1) is 24.1. The lowest BCUT2D eigenvalue weighted by Gasteiger charge is -2.24. The Morgan fingerprint density at radius 2 is 1.61 bits per heavy atom. The summed E-state index contributed by atoms with van der Waals surface area (Å²) < 4.78 is 0. The van der Waals surface area contributed by atoms with Crippen LogP contribution in [0.4, 0.5) is 11.4 Å². The summed E-state index contributed by atoms with van der Waals surface area (Å²) in [6.45, 7) is 1.74. The third-order valence-corrected chi connectivity index (χ3v) is 6.45. The van der Waals surface area contributed by atoms with E-state index in [1.54, 1.807) is 61.5 Å². The van der Waals surface area contributed by atoms with E-state index in [9.17, 15) is 24.3 Å². The van der Waals surface area contributed by atoms with Crippen LogP contribution in [0.2, 0.25) is 0 Å². The van der Waals surface area contributed by atoms with Crippen LogP contribution in [-0.4, -0.2) is 34.0 Å². The van der Waals surface area contributed by atoms with E-state index in [-0.39, 0.29) is 17.4 Å². The fourth-order valence-electron chi connectivity index (χ4n) is 3.53. The molecule has 3 amide bonds. The van der Waals surface area contributed by atoms with Crippen molar-refractivity contribution >= 4 is 46.8 Å². The summed E-state index contributed by atoms with van der Waals surface area (Å²) >= 11 is 1.32. The van der Waals surface area contributed by atoms with Crippen molar-refractivity contribution in [3.8, 4) is 0 Å². The molecule has 8 nitrogen and oxygen atoms in total. The number of carboxylic acids is 1. The molecular weight excluding hydrogens is 442 g/mol. The average molecular weight is 468 g/mol. The van der Waals surface area contributed by atoms with Crippen LogP contribution < -0.4 is 16.4 Å². The molecule has 0 heterocycles. The van der Waals surface area contributed by atoms with E-state index in [4.69, 9.17) is 5.73 Å². The number of rotatable bonds is 8. The number of anilines is 2. The van der Waals surface area contributed by atoms with E-state index in [1.807, 2.05) is 6.08 Å². The number of amides is 3. The molecule has 5 N–H and O–H groups in total.